The Hall–Kier alpha value is -1.33. The SMILES string of the molecule is O=C(O)C=Cc1cc(F)cc(CSCCCO)c1. The summed E-state index contributed by atoms with van der Waals surface area (Å²) in [5, 5.41) is 17.1. The maximum Gasteiger partial charge on any atom is 0.328 e. The van der Waals surface area contributed by atoms with Crippen molar-refractivity contribution in [2.24, 2.45) is 0 Å². The summed E-state index contributed by atoms with van der Waals surface area (Å²) in [7, 11) is 0. The molecule has 0 saturated heterocycles. The Morgan fingerprint density at radius 1 is 1.39 bits per heavy atom. The minimum absolute atomic E-state index is 0.156. The molecule has 0 aliphatic heterocycles. The van der Waals surface area contributed by atoms with Crippen LogP contribution in [-0.4, -0.2) is 28.5 Å². The molecule has 1 rings (SSSR count). The van der Waals surface area contributed by atoms with E-state index in [2.05, 4.69) is 0 Å². The quantitative estimate of drug-likeness (QED) is 0.590. The number of halogens is 1. The van der Waals surface area contributed by atoms with Crippen LogP contribution in [0, 0.1) is 5.82 Å². The van der Waals surface area contributed by atoms with Crippen molar-refractivity contribution in [3.05, 3.63) is 41.2 Å². The lowest BCUT2D eigenvalue weighted by molar-refractivity contribution is -0.131. The fourth-order valence-corrected chi connectivity index (χ4v) is 2.26. The molecule has 0 radical (unpaired) electrons. The van der Waals surface area contributed by atoms with Crippen molar-refractivity contribution in [3.8, 4) is 0 Å². The molecule has 0 aliphatic carbocycles. The van der Waals surface area contributed by atoms with E-state index in [4.69, 9.17) is 10.2 Å². The molecule has 3 nitrogen and oxygen atoms in total. The van der Waals surface area contributed by atoms with Gasteiger partial charge in [0.25, 0.3) is 0 Å². The first-order valence-electron chi connectivity index (χ1n) is 5.51. The Morgan fingerprint density at radius 2 is 2.17 bits per heavy atom. The van der Waals surface area contributed by atoms with Gasteiger partial charge in [0.15, 0.2) is 0 Å². The number of carboxylic acid groups (broad SMARTS) is 1. The van der Waals surface area contributed by atoms with Gasteiger partial charge in [-0.15, -0.1) is 0 Å². The number of aliphatic hydroxyl groups excluding tert-OH is 1. The Balaban J connectivity index is 2.65. The molecule has 0 atom stereocenters. The van der Waals surface area contributed by atoms with Crippen molar-refractivity contribution in [2.75, 3.05) is 12.4 Å². The van der Waals surface area contributed by atoms with Gasteiger partial charge in [-0.05, 0) is 41.5 Å². The molecular weight excluding hydrogens is 255 g/mol. The van der Waals surface area contributed by atoms with Gasteiger partial charge in [0, 0.05) is 18.4 Å². The second-order valence-electron chi connectivity index (χ2n) is 3.69. The standard InChI is InChI=1S/C13H15FO3S/c14-12-7-10(2-3-13(16)17)6-11(8-12)9-18-5-1-4-15/h2-3,6-8,15H,1,4-5,9H2,(H,16,17). The molecule has 0 saturated carbocycles. The second kappa shape index (κ2) is 7.89. The van der Waals surface area contributed by atoms with E-state index in [1.54, 1.807) is 17.8 Å². The van der Waals surface area contributed by atoms with E-state index in [1.807, 2.05) is 0 Å². The van der Waals surface area contributed by atoms with E-state index in [-0.39, 0.29) is 12.4 Å². The molecule has 0 aliphatic rings. The van der Waals surface area contributed by atoms with Gasteiger partial charge in [0.1, 0.15) is 5.82 Å². The van der Waals surface area contributed by atoms with Gasteiger partial charge in [-0.1, -0.05) is 6.07 Å². The molecule has 1 aromatic rings. The average molecular weight is 270 g/mol. The summed E-state index contributed by atoms with van der Waals surface area (Å²) in [4.78, 5) is 10.4. The molecule has 0 spiro atoms. The average Bonchev–Trinajstić information content (AvgIpc) is 2.32. The summed E-state index contributed by atoms with van der Waals surface area (Å²) in [5.41, 5.74) is 1.35. The highest BCUT2D eigenvalue weighted by Crippen LogP contribution is 2.17. The number of hydrogen-bond acceptors (Lipinski definition) is 3. The Labute approximate surface area is 109 Å². The van der Waals surface area contributed by atoms with E-state index in [0.29, 0.717) is 17.7 Å². The number of aliphatic carboxylic acids is 1. The van der Waals surface area contributed by atoms with Crippen LogP contribution < -0.4 is 0 Å². The number of carbonyl (C=O) groups is 1. The highest BCUT2D eigenvalue weighted by Gasteiger charge is 2.00. The normalized spacial score (nSPS) is 11.0. The van der Waals surface area contributed by atoms with Crippen LogP contribution in [0.15, 0.2) is 24.3 Å². The Bertz CT molecular complexity index is 432. The third kappa shape index (κ3) is 5.84. The van der Waals surface area contributed by atoms with Gasteiger partial charge < -0.3 is 10.2 Å². The number of rotatable bonds is 7. The summed E-state index contributed by atoms with van der Waals surface area (Å²) >= 11 is 1.61. The second-order valence-corrected chi connectivity index (χ2v) is 4.80. The summed E-state index contributed by atoms with van der Waals surface area (Å²) in [6, 6.07) is 4.49. The molecule has 0 fully saturated rings. The summed E-state index contributed by atoms with van der Waals surface area (Å²) < 4.78 is 13.3. The highest BCUT2D eigenvalue weighted by molar-refractivity contribution is 7.98. The third-order valence-corrected chi connectivity index (χ3v) is 3.23. The molecule has 0 bridgehead atoms. The predicted molar refractivity (Wildman–Crippen MR) is 70.9 cm³/mol. The van der Waals surface area contributed by atoms with E-state index in [0.717, 1.165) is 17.4 Å². The van der Waals surface area contributed by atoms with E-state index in [1.165, 1.54) is 18.2 Å². The van der Waals surface area contributed by atoms with Crippen molar-refractivity contribution >= 4 is 23.8 Å². The molecule has 0 aromatic heterocycles. The van der Waals surface area contributed by atoms with E-state index >= 15 is 0 Å². The van der Waals surface area contributed by atoms with Crippen LogP contribution in [0.3, 0.4) is 0 Å². The molecule has 0 unspecified atom stereocenters. The zero-order valence-electron chi connectivity index (χ0n) is 9.80. The topological polar surface area (TPSA) is 57.5 Å². The molecule has 2 N–H and O–H groups in total. The van der Waals surface area contributed by atoms with Crippen molar-refractivity contribution in [3.63, 3.8) is 0 Å². The maximum atomic E-state index is 13.3. The van der Waals surface area contributed by atoms with Crippen molar-refractivity contribution in [1.29, 1.82) is 0 Å². The minimum atomic E-state index is -1.06. The zero-order chi connectivity index (χ0) is 13.4. The van der Waals surface area contributed by atoms with Crippen LogP contribution in [-0.2, 0) is 10.5 Å². The molecule has 1 aromatic carbocycles. The lowest BCUT2D eigenvalue weighted by atomic mass is 10.1. The van der Waals surface area contributed by atoms with Gasteiger partial charge in [-0.25, -0.2) is 9.18 Å². The fraction of sp³-hybridized carbons (Fsp3) is 0.308. The minimum Gasteiger partial charge on any atom is -0.478 e. The number of aliphatic hydroxyl groups is 1. The predicted octanol–water partition coefficient (Wildman–Crippen LogP) is 2.54. The molecule has 0 amide bonds. The van der Waals surface area contributed by atoms with E-state index in [9.17, 15) is 9.18 Å². The van der Waals surface area contributed by atoms with Crippen molar-refractivity contribution < 1.29 is 19.4 Å². The van der Waals surface area contributed by atoms with Gasteiger partial charge >= 0.3 is 5.97 Å². The van der Waals surface area contributed by atoms with Crippen LogP contribution in [0.25, 0.3) is 6.08 Å². The van der Waals surface area contributed by atoms with Gasteiger partial charge in [0.05, 0.1) is 0 Å². The first kappa shape index (κ1) is 14.7. The van der Waals surface area contributed by atoms with Crippen LogP contribution in [0.1, 0.15) is 17.5 Å². The van der Waals surface area contributed by atoms with Crippen molar-refractivity contribution in [2.45, 2.75) is 12.2 Å². The molecule has 5 heteroatoms. The number of carboxylic acids is 1. The van der Waals surface area contributed by atoms with Crippen LogP contribution >= 0.6 is 11.8 Å². The molecule has 98 valence electrons. The summed E-state index contributed by atoms with van der Waals surface area (Å²) in [6.45, 7) is 0.156. The Kier molecular flexibility index (Phi) is 6.46. The van der Waals surface area contributed by atoms with E-state index < -0.39 is 5.97 Å². The monoisotopic (exact) mass is 270 g/mol. The smallest absolute Gasteiger partial charge is 0.328 e. The molecule has 18 heavy (non-hydrogen) atoms. The van der Waals surface area contributed by atoms with Gasteiger partial charge in [-0.3, -0.25) is 0 Å². The molecule has 0 heterocycles. The van der Waals surface area contributed by atoms with Crippen molar-refractivity contribution in [1.82, 2.24) is 0 Å². The number of benzene rings is 1. The maximum absolute atomic E-state index is 13.3. The highest BCUT2D eigenvalue weighted by atomic mass is 32.2. The van der Waals surface area contributed by atoms with Crippen LogP contribution in [0.5, 0.6) is 0 Å². The third-order valence-electron chi connectivity index (χ3n) is 2.11. The summed E-state index contributed by atoms with van der Waals surface area (Å²) in [6.07, 6.45) is 3.07. The summed E-state index contributed by atoms with van der Waals surface area (Å²) in [5.74, 6) is 0.0253. The van der Waals surface area contributed by atoms with Gasteiger partial charge in [-0.2, -0.15) is 11.8 Å². The lowest BCUT2D eigenvalue weighted by Gasteiger charge is -2.03. The fourth-order valence-electron chi connectivity index (χ4n) is 1.38. The first-order chi connectivity index (χ1) is 8.61. The van der Waals surface area contributed by atoms with Crippen LogP contribution in [0.2, 0.25) is 0 Å². The first-order valence-corrected chi connectivity index (χ1v) is 6.66. The lowest BCUT2D eigenvalue weighted by Crippen LogP contribution is -1.90. The van der Waals surface area contributed by atoms with Crippen LogP contribution in [0.4, 0.5) is 4.39 Å². The Morgan fingerprint density at radius 3 is 2.83 bits per heavy atom. The number of hydrogen-bond donors (Lipinski definition) is 2. The number of thioether (sulfide) groups is 1. The van der Waals surface area contributed by atoms with Gasteiger partial charge in [0.2, 0.25) is 0 Å². The molecular formula is C13H15FO3S. The zero-order valence-corrected chi connectivity index (χ0v) is 10.6. The largest absolute Gasteiger partial charge is 0.478 e.